The number of benzene rings is 2. The smallest absolute Gasteiger partial charge is 0.317 e. The molecule has 0 bridgehead atoms. The first kappa shape index (κ1) is 17.6. The van der Waals surface area contributed by atoms with E-state index in [4.69, 9.17) is 11.6 Å². The first-order valence-electron chi connectivity index (χ1n) is 7.19. The molecule has 0 aliphatic rings. The van der Waals surface area contributed by atoms with Gasteiger partial charge in [-0.2, -0.15) is 0 Å². The molecule has 5 heteroatoms. The second-order valence-electron chi connectivity index (χ2n) is 5.15. The Balaban J connectivity index is 2.05. The van der Waals surface area contributed by atoms with Gasteiger partial charge in [-0.1, -0.05) is 41.9 Å². The Hall–Kier alpha value is -1.78. The zero-order valence-corrected chi connectivity index (χ0v) is 14.2. The fraction of sp³-hybridized carbons (Fsp3) is 0.222. The lowest BCUT2D eigenvalue weighted by Crippen LogP contribution is -2.21. The van der Waals surface area contributed by atoms with Crippen LogP contribution < -0.4 is 0 Å². The number of ketones is 1. The van der Waals surface area contributed by atoms with E-state index in [0.717, 1.165) is 5.56 Å². The summed E-state index contributed by atoms with van der Waals surface area (Å²) in [5.41, 5.74) is 1.52. The summed E-state index contributed by atoms with van der Waals surface area (Å²) in [5, 5.41) is 9.17. The molecule has 0 fully saturated rings. The largest absolute Gasteiger partial charge is 0.480 e. The summed E-state index contributed by atoms with van der Waals surface area (Å²) in [6, 6.07) is 16.2. The summed E-state index contributed by atoms with van der Waals surface area (Å²) in [6.07, 6.45) is -0.0429. The summed E-state index contributed by atoms with van der Waals surface area (Å²) < 4.78 is 0. The van der Waals surface area contributed by atoms with Crippen molar-refractivity contribution in [3.63, 3.8) is 0 Å². The van der Waals surface area contributed by atoms with Gasteiger partial charge in [0, 0.05) is 22.3 Å². The van der Waals surface area contributed by atoms with Gasteiger partial charge in [-0.25, -0.2) is 0 Å². The van der Waals surface area contributed by atoms with Crippen LogP contribution >= 0.6 is 23.4 Å². The molecule has 0 amide bonds. The van der Waals surface area contributed by atoms with E-state index >= 15 is 0 Å². The zero-order valence-electron chi connectivity index (χ0n) is 12.6. The van der Waals surface area contributed by atoms with Crippen LogP contribution in [0.4, 0.5) is 0 Å². The molecule has 3 nitrogen and oxygen atoms in total. The van der Waals surface area contributed by atoms with Crippen molar-refractivity contribution in [2.24, 2.45) is 0 Å². The SMILES string of the molecule is C[C@H](SC(CC(=O)c1ccc(Cl)cc1)C(=O)O)c1ccccc1. The van der Waals surface area contributed by atoms with Gasteiger partial charge in [-0.15, -0.1) is 11.8 Å². The van der Waals surface area contributed by atoms with Gasteiger partial charge < -0.3 is 5.11 Å². The number of halogens is 1. The molecular weight excluding hydrogens is 332 g/mol. The Morgan fingerprint density at radius 2 is 1.70 bits per heavy atom. The predicted molar refractivity (Wildman–Crippen MR) is 94.3 cm³/mol. The average molecular weight is 349 g/mol. The van der Waals surface area contributed by atoms with Crippen LogP contribution in [0.25, 0.3) is 0 Å². The fourth-order valence-electron chi connectivity index (χ4n) is 2.16. The van der Waals surface area contributed by atoms with E-state index in [2.05, 4.69) is 0 Å². The lowest BCUT2D eigenvalue weighted by atomic mass is 10.1. The van der Waals surface area contributed by atoms with Crippen LogP contribution in [0.15, 0.2) is 54.6 Å². The van der Waals surface area contributed by atoms with E-state index in [1.54, 1.807) is 24.3 Å². The van der Waals surface area contributed by atoms with Crippen molar-refractivity contribution >= 4 is 35.1 Å². The third kappa shape index (κ3) is 5.12. The summed E-state index contributed by atoms with van der Waals surface area (Å²) in [5.74, 6) is -1.16. The molecule has 0 aromatic heterocycles. The number of hydrogen-bond donors (Lipinski definition) is 1. The van der Waals surface area contributed by atoms with Gasteiger partial charge in [-0.3, -0.25) is 9.59 Å². The minimum atomic E-state index is -0.972. The molecule has 0 saturated heterocycles. The Labute approximate surface area is 144 Å². The summed E-state index contributed by atoms with van der Waals surface area (Å²) in [7, 11) is 0. The third-order valence-corrected chi connectivity index (χ3v) is 5.08. The number of carbonyl (C=O) groups is 2. The Kier molecular flexibility index (Phi) is 6.25. The highest BCUT2D eigenvalue weighted by molar-refractivity contribution is 8.00. The number of carboxylic acid groups (broad SMARTS) is 1. The van der Waals surface area contributed by atoms with Crippen molar-refractivity contribution in [1.29, 1.82) is 0 Å². The van der Waals surface area contributed by atoms with Gasteiger partial charge in [0.05, 0.1) is 0 Å². The number of Topliss-reactive ketones (excluding diaryl/α,β-unsaturated/α-hetero) is 1. The van der Waals surface area contributed by atoms with Crippen molar-refractivity contribution in [1.82, 2.24) is 0 Å². The number of aliphatic carboxylic acids is 1. The van der Waals surface area contributed by atoms with Gasteiger partial charge in [0.15, 0.2) is 5.78 Å². The molecule has 120 valence electrons. The van der Waals surface area contributed by atoms with E-state index in [1.165, 1.54) is 11.8 Å². The molecule has 0 aliphatic carbocycles. The van der Waals surface area contributed by atoms with Crippen molar-refractivity contribution < 1.29 is 14.7 Å². The van der Waals surface area contributed by atoms with Crippen LogP contribution in [0, 0.1) is 0 Å². The topological polar surface area (TPSA) is 54.4 Å². The number of carbonyl (C=O) groups excluding carboxylic acids is 1. The van der Waals surface area contributed by atoms with Crippen LogP contribution in [0.5, 0.6) is 0 Å². The molecule has 0 spiro atoms. The van der Waals surface area contributed by atoms with Crippen LogP contribution in [-0.2, 0) is 4.79 Å². The summed E-state index contributed by atoms with van der Waals surface area (Å²) in [6.45, 7) is 1.95. The predicted octanol–water partition coefficient (Wildman–Crippen LogP) is 4.86. The van der Waals surface area contributed by atoms with Crippen molar-refractivity contribution in [2.75, 3.05) is 0 Å². The maximum absolute atomic E-state index is 12.3. The molecule has 0 heterocycles. The standard InChI is InChI=1S/C18H17ClO3S/c1-12(13-5-3-2-4-6-13)23-17(18(21)22)11-16(20)14-7-9-15(19)10-8-14/h2-10,12,17H,11H2,1H3,(H,21,22)/t12-,17?/m0/s1. The Morgan fingerprint density at radius 3 is 2.26 bits per heavy atom. The molecule has 0 aliphatic heterocycles. The highest BCUT2D eigenvalue weighted by atomic mass is 35.5. The maximum Gasteiger partial charge on any atom is 0.317 e. The van der Waals surface area contributed by atoms with Gasteiger partial charge in [-0.05, 0) is 36.8 Å². The van der Waals surface area contributed by atoms with Crippen LogP contribution in [0.1, 0.15) is 34.5 Å². The lowest BCUT2D eigenvalue weighted by molar-refractivity contribution is -0.136. The molecule has 1 unspecified atom stereocenters. The molecular formula is C18H17ClO3S. The Bertz CT molecular complexity index is 670. The highest BCUT2D eigenvalue weighted by Gasteiger charge is 2.25. The Morgan fingerprint density at radius 1 is 1.09 bits per heavy atom. The van der Waals surface area contributed by atoms with Crippen molar-refractivity contribution in [2.45, 2.75) is 23.8 Å². The third-order valence-electron chi connectivity index (χ3n) is 3.45. The first-order chi connectivity index (χ1) is 11.0. The van der Waals surface area contributed by atoms with E-state index in [1.807, 2.05) is 37.3 Å². The average Bonchev–Trinajstić information content (AvgIpc) is 2.55. The summed E-state index contributed by atoms with van der Waals surface area (Å²) in [4.78, 5) is 23.8. The molecule has 0 saturated carbocycles. The van der Waals surface area contributed by atoms with E-state index in [0.29, 0.717) is 10.6 Å². The molecule has 23 heavy (non-hydrogen) atoms. The zero-order chi connectivity index (χ0) is 16.8. The summed E-state index contributed by atoms with van der Waals surface area (Å²) >= 11 is 7.09. The minimum absolute atomic E-state index is 0.00434. The number of rotatable bonds is 7. The molecule has 1 N–H and O–H groups in total. The molecule has 0 radical (unpaired) electrons. The monoisotopic (exact) mass is 348 g/mol. The van der Waals surface area contributed by atoms with Crippen LogP contribution in [-0.4, -0.2) is 22.1 Å². The van der Waals surface area contributed by atoms with E-state index in [-0.39, 0.29) is 17.5 Å². The maximum atomic E-state index is 12.3. The molecule has 2 aromatic carbocycles. The molecule has 2 aromatic rings. The number of thioether (sulfide) groups is 1. The molecule has 2 atom stereocenters. The van der Waals surface area contributed by atoms with Gasteiger partial charge >= 0.3 is 5.97 Å². The minimum Gasteiger partial charge on any atom is -0.480 e. The van der Waals surface area contributed by atoms with Crippen molar-refractivity contribution in [3.8, 4) is 0 Å². The van der Waals surface area contributed by atoms with Gasteiger partial charge in [0.2, 0.25) is 0 Å². The van der Waals surface area contributed by atoms with Crippen LogP contribution in [0.3, 0.4) is 0 Å². The lowest BCUT2D eigenvalue weighted by Gasteiger charge is -2.17. The van der Waals surface area contributed by atoms with Gasteiger partial charge in [0.25, 0.3) is 0 Å². The number of carboxylic acids is 1. The first-order valence-corrected chi connectivity index (χ1v) is 8.51. The van der Waals surface area contributed by atoms with Crippen molar-refractivity contribution in [3.05, 3.63) is 70.7 Å². The van der Waals surface area contributed by atoms with E-state index < -0.39 is 11.2 Å². The highest BCUT2D eigenvalue weighted by Crippen LogP contribution is 2.33. The fourth-order valence-corrected chi connectivity index (χ4v) is 3.46. The molecule has 2 rings (SSSR count). The number of hydrogen-bond acceptors (Lipinski definition) is 3. The normalized spacial score (nSPS) is 13.3. The second-order valence-corrected chi connectivity index (χ2v) is 7.13. The second kappa shape index (κ2) is 8.18. The van der Waals surface area contributed by atoms with E-state index in [9.17, 15) is 14.7 Å². The van der Waals surface area contributed by atoms with Gasteiger partial charge in [0.1, 0.15) is 5.25 Å². The quantitative estimate of drug-likeness (QED) is 0.726. The van der Waals surface area contributed by atoms with Crippen LogP contribution in [0.2, 0.25) is 5.02 Å².